The van der Waals surface area contributed by atoms with Crippen LogP contribution in [0.2, 0.25) is 0 Å². The fourth-order valence-corrected chi connectivity index (χ4v) is 3.65. The van der Waals surface area contributed by atoms with Crippen molar-refractivity contribution in [1.82, 2.24) is 30.2 Å². The number of hydrogen-bond acceptors (Lipinski definition) is 7. The quantitative estimate of drug-likeness (QED) is 0.437. The third kappa shape index (κ3) is 3.43. The minimum Gasteiger partial charge on any atom is -0.379 e. The molecule has 0 saturated heterocycles. The zero-order valence-electron chi connectivity index (χ0n) is 17.0. The number of para-hydroxylation sites is 1. The lowest BCUT2D eigenvalue weighted by Crippen LogP contribution is -2.11. The molecule has 0 radical (unpaired) electrons. The fourth-order valence-electron chi connectivity index (χ4n) is 3.65. The SMILES string of the molecule is CCNCc1ccc(-c2cncc3nc(-c4nonc4N)n(-c4ccccc4)c23)cc1. The molecule has 31 heavy (non-hydrogen) atoms. The Labute approximate surface area is 178 Å². The number of nitrogens with two attached hydrogens (primary N) is 1. The molecular formula is C23H21N7O. The average molecular weight is 411 g/mol. The summed E-state index contributed by atoms with van der Waals surface area (Å²) in [6.07, 6.45) is 3.60. The van der Waals surface area contributed by atoms with E-state index in [0.29, 0.717) is 11.5 Å². The maximum Gasteiger partial charge on any atom is 0.199 e. The summed E-state index contributed by atoms with van der Waals surface area (Å²) >= 11 is 0. The van der Waals surface area contributed by atoms with Crippen molar-refractivity contribution in [2.45, 2.75) is 13.5 Å². The molecule has 5 aromatic rings. The van der Waals surface area contributed by atoms with Gasteiger partial charge in [0, 0.05) is 24.0 Å². The molecule has 0 fully saturated rings. The van der Waals surface area contributed by atoms with Gasteiger partial charge in [0.2, 0.25) is 0 Å². The van der Waals surface area contributed by atoms with Gasteiger partial charge in [-0.2, -0.15) is 0 Å². The Morgan fingerprint density at radius 2 is 1.81 bits per heavy atom. The number of benzene rings is 2. The van der Waals surface area contributed by atoms with Crippen LogP contribution in [-0.2, 0) is 6.54 Å². The van der Waals surface area contributed by atoms with Crippen molar-refractivity contribution < 1.29 is 4.63 Å². The molecule has 3 heterocycles. The third-order valence-corrected chi connectivity index (χ3v) is 5.14. The van der Waals surface area contributed by atoms with Crippen molar-refractivity contribution in [1.29, 1.82) is 0 Å². The first-order chi connectivity index (χ1) is 15.3. The van der Waals surface area contributed by atoms with Gasteiger partial charge in [-0.25, -0.2) is 9.61 Å². The monoisotopic (exact) mass is 411 g/mol. The lowest BCUT2D eigenvalue weighted by atomic mass is 10.0. The molecule has 8 nitrogen and oxygen atoms in total. The Kier molecular flexibility index (Phi) is 4.89. The first kappa shape index (κ1) is 19.0. The van der Waals surface area contributed by atoms with E-state index in [9.17, 15) is 0 Å². The lowest BCUT2D eigenvalue weighted by Gasteiger charge is -2.11. The molecular weight excluding hydrogens is 390 g/mol. The van der Waals surface area contributed by atoms with Crippen molar-refractivity contribution in [2.24, 2.45) is 0 Å². The first-order valence-corrected chi connectivity index (χ1v) is 10.1. The van der Waals surface area contributed by atoms with Crippen LogP contribution < -0.4 is 11.1 Å². The molecule has 154 valence electrons. The van der Waals surface area contributed by atoms with Gasteiger partial charge in [0.1, 0.15) is 5.52 Å². The van der Waals surface area contributed by atoms with E-state index >= 15 is 0 Å². The van der Waals surface area contributed by atoms with Crippen LogP contribution in [-0.4, -0.2) is 31.4 Å². The van der Waals surface area contributed by atoms with Crippen molar-refractivity contribution in [2.75, 3.05) is 12.3 Å². The Morgan fingerprint density at radius 3 is 2.52 bits per heavy atom. The topological polar surface area (TPSA) is 108 Å². The van der Waals surface area contributed by atoms with Crippen LogP contribution in [0.5, 0.6) is 0 Å². The van der Waals surface area contributed by atoms with Gasteiger partial charge < -0.3 is 11.1 Å². The molecule has 0 unspecified atom stereocenters. The van der Waals surface area contributed by atoms with Gasteiger partial charge in [-0.3, -0.25) is 9.55 Å². The number of hydrogen-bond donors (Lipinski definition) is 2. The molecule has 0 bridgehead atoms. The predicted molar refractivity (Wildman–Crippen MR) is 119 cm³/mol. The second kappa shape index (κ2) is 8.00. The number of aromatic nitrogens is 5. The summed E-state index contributed by atoms with van der Waals surface area (Å²) in [6.45, 7) is 3.87. The predicted octanol–water partition coefficient (Wildman–Crippen LogP) is 3.83. The number of anilines is 1. The Morgan fingerprint density at radius 1 is 1.00 bits per heavy atom. The van der Waals surface area contributed by atoms with Crippen molar-refractivity contribution in [3.8, 4) is 28.3 Å². The maximum atomic E-state index is 6.00. The largest absolute Gasteiger partial charge is 0.379 e. The van der Waals surface area contributed by atoms with Gasteiger partial charge in [0.05, 0.1) is 11.7 Å². The smallest absolute Gasteiger partial charge is 0.199 e. The fraction of sp³-hybridized carbons (Fsp3) is 0.130. The van der Waals surface area contributed by atoms with Crippen molar-refractivity contribution >= 4 is 16.9 Å². The van der Waals surface area contributed by atoms with Gasteiger partial charge in [-0.15, -0.1) is 0 Å². The van der Waals surface area contributed by atoms with Crippen LogP contribution in [0.25, 0.3) is 39.4 Å². The Hall–Kier alpha value is -4.04. The molecule has 2 aromatic carbocycles. The second-order valence-electron chi connectivity index (χ2n) is 7.14. The average Bonchev–Trinajstić information content (AvgIpc) is 3.41. The van der Waals surface area contributed by atoms with Gasteiger partial charge >= 0.3 is 0 Å². The van der Waals surface area contributed by atoms with Crippen LogP contribution in [0.15, 0.2) is 71.6 Å². The van der Waals surface area contributed by atoms with Gasteiger partial charge in [0.25, 0.3) is 0 Å². The van der Waals surface area contributed by atoms with E-state index in [4.69, 9.17) is 15.3 Å². The number of pyridine rings is 1. The van der Waals surface area contributed by atoms with Crippen molar-refractivity contribution in [3.63, 3.8) is 0 Å². The molecule has 0 spiro atoms. The highest BCUT2D eigenvalue weighted by Gasteiger charge is 2.22. The van der Waals surface area contributed by atoms with Crippen LogP contribution in [0.3, 0.4) is 0 Å². The maximum absolute atomic E-state index is 6.00. The third-order valence-electron chi connectivity index (χ3n) is 5.14. The molecule has 5 rings (SSSR count). The van der Waals surface area contributed by atoms with E-state index in [1.807, 2.05) is 41.1 Å². The summed E-state index contributed by atoms with van der Waals surface area (Å²) in [5.41, 5.74) is 12.2. The highest BCUT2D eigenvalue weighted by molar-refractivity contribution is 5.95. The number of rotatable bonds is 6. The van der Waals surface area contributed by atoms with Gasteiger partial charge in [-0.05, 0) is 40.1 Å². The Bertz CT molecular complexity index is 1320. The lowest BCUT2D eigenvalue weighted by molar-refractivity contribution is 0.310. The van der Waals surface area contributed by atoms with E-state index in [1.165, 1.54) is 5.56 Å². The summed E-state index contributed by atoms with van der Waals surface area (Å²) in [7, 11) is 0. The van der Waals surface area contributed by atoms with E-state index in [-0.39, 0.29) is 5.82 Å². The summed E-state index contributed by atoms with van der Waals surface area (Å²) in [4.78, 5) is 9.22. The molecule has 3 aromatic heterocycles. The summed E-state index contributed by atoms with van der Waals surface area (Å²) in [6, 6.07) is 18.4. The number of nitrogen functional groups attached to an aromatic ring is 1. The van der Waals surface area contributed by atoms with E-state index in [0.717, 1.165) is 40.9 Å². The second-order valence-corrected chi connectivity index (χ2v) is 7.14. The van der Waals surface area contributed by atoms with E-state index in [1.54, 1.807) is 6.20 Å². The minimum atomic E-state index is 0.190. The molecule has 0 atom stereocenters. The van der Waals surface area contributed by atoms with Crippen LogP contribution in [0.1, 0.15) is 12.5 Å². The Balaban J connectivity index is 1.74. The van der Waals surface area contributed by atoms with Crippen LogP contribution >= 0.6 is 0 Å². The summed E-state index contributed by atoms with van der Waals surface area (Å²) in [5.74, 6) is 0.743. The van der Waals surface area contributed by atoms with Gasteiger partial charge in [0.15, 0.2) is 17.3 Å². The van der Waals surface area contributed by atoms with Gasteiger partial charge in [-0.1, -0.05) is 49.4 Å². The first-order valence-electron chi connectivity index (χ1n) is 10.1. The van der Waals surface area contributed by atoms with Crippen molar-refractivity contribution in [3.05, 3.63) is 72.6 Å². The van der Waals surface area contributed by atoms with E-state index < -0.39 is 0 Å². The highest BCUT2D eigenvalue weighted by atomic mass is 16.6. The molecule has 0 amide bonds. The molecule has 8 heteroatoms. The number of imidazole rings is 1. The zero-order valence-corrected chi connectivity index (χ0v) is 17.0. The molecule has 0 aliphatic rings. The standard InChI is InChI=1S/C23H21N7O/c1-2-25-12-15-8-10-16(11-9-15)18-13-26-14-19-21(18)30(17-6-4-3-5-7-17)23(27-19)20-22(24)29-31-28-20/h3-11,13-14,25H,2,12H2,1H3,(H2,24,29). The van der Waals surface area contributed by atoms with E-state index in [2.05, 4.69) is 51.8 Å². The number of fused-ring (bicyclic) bond motifs is 1. The highest BCUT2D eigenvalue weighted by Crippen LogP contribution is 2.35. The number of nitrogens with zero attached hydrogens (tertiary/aromatic N) is 5. The van der Waals surface area contributed by atoms with Crippen LogP contribution in [0, 0.1) is 0 Å². The molecule has 0 saturated carbocycles. The summed E-state index contributed by atoms with van der Waals surface area (Å²) in [5, 5.41) is 11.1. The van der Waals surface area contributed by atoms with Crippen LogP contribution in [0.4, 0.5) is 5.82 Å². The molecule has 0 aliphatic carbocycles. The zero-order chi connectivity index (χ0) is 21.2. The molecule has 3 N–H and O–H groups in total. The minimum absolute atomic E-state index is 0.190. The normalized spacial score (nSPS) is 11.3. The summed E-state index contributed by atoms with van der Waals surface area (Å²) < 4.78 is 6.87. The molecule has 0 aliphatic heterocycles. The number of nitrogens with one attached hydrogen (secondary N) is 1.